The molecule has 0 aliphatic rings. The number of pyridine rings is 1. The zero-order valence-electron chi connectivity index (χ0n) is 10.7. The molecule has 0 unspecified atom stereocenters. The summed E-state index contributed by atoms with van der Waals surface area (Å²) in [5.41, 5.74) is 5.68. The van der Waals surface area contributed by atoms with Gasteiger partial charge in [0.15, 0.2) is 0 Å². The lowest BCUT2D eigenvalue weighted by Gasteiger charge is -2.07. The molecule has 21 heavy (non-hydrogen) atoms. The van der Waals surface area contributed by atoms with Crippen molar-refractivity contribution in [2.45, 2.75) is 6.54 Å². The highest BCUT2D eigenvalue weighted by atomic mass is 35.5. The summed E-state index contributed by atoms with van der Waals surface area (Å²) in [4.78, 5) is 26.2. The molecule has 8 heteroatoms. The number of hydrogen-bond acceptors (Lipinski definition) is 5. The van der Waals surface area contributed by atoms with Crippen molar-refractivity contribution < 1.29 is 9.72 Å². The molecule has 1 aromatic carbocycles. The van der Waals surface area contributed by atoms with E-state index in [0.29, 0.717) is 5.69 Å². The minimum atomic E-state index is -0.684. The normalized spacial score (nSPS) is 10.1. The monoisotopic (exact) mass is 306 g/mol. The molecular formula is C13H11ClN4O3. The molecular weight excluding hydrogens is 296 g/mol. The molecule has 0 aliphatic heterocycles. The summed E-state index contributed by atoms with van der Waals surface area (Å²) < 4.78 is 0. The predicted octanol–water partition coefficient (Wildman–Crippen LogP) is 2.16. The van der Waals surface area contributed by atoms with Gasteiger partial charge in [0.05, 0.1) is 22.2 Å². The number of nitrogen functional groups attached to an aromatic ring is 1. The van der Waals surface area contributed by atoms with Gasteiger partial charge in [0.25, 0.3) is 11.6 Å². The fourth-order valence-electron chi connectivity index (χ4n) is 1.66. The van der Waals surface area contributed by atoms with E-state index < -0.39 is 16.5 Å². The van der Waals surface area contributed by atoms with Gasteiger partial charge < -0.3 is 11.1 Å². The van der Waals surface area contributed by atoms with E-state index in [1.165, 1.54) is 6.07 Å². The number of carbonyl (C=O) groups is 1. The topological polar surface area (TPSA) is 111 Å². The first-order valence-corrected chi connectivity index (χ1v) is 6.28. The second-order valence-corrected chi connectivity index (χ2v) is 4.56. The van der Waals surface area contributed by atoms with Crippen LogP contribution in [0.5, 0.6) is 0 Å². The number of nitrogens with one attached hydrogen (secondary N) is 1. The summed E-state index contributed by atoms with van der Waals surface area (Å²) in [5, 5.41) is 13.4. The van der Waals surface area contributed by atoms with E-state index in [1.54, 1.807) is 24.4 Å². The maximum absolute atomic E-state index is 12.0. The standard InChI is InChI=1S/C13H11ClN4O3/c14-10-5-8(6-11(12(10)15)18(20)21)13(19)17-7-9-3-1-2-4-16-9/h1-6H,7,15H2,(H,17,19). The molecule has 7 nitrogen and oxygen atoms in total. The van der Waals surface area contributed by atoms with Crippen LogP contribution in [0.15, 0.2) is 36.5 Å². The molecule has 1 amide bonds. The number of amides is 1. The van der Waals surface area contributed by atoms with Crippen molar-refractivity contribution in [3.05, 3.63) is 62.9 Å². The number of nitrogens with two attached hydrogens (primary N) is 1. The van der Waals surface area contributed by atoms with Crippen LogP contribution in [-0.2, 0) is 6.54 Å². The Labute approximate surface area is 124 Å². The molecule has 0 bridgehead atoms. The minimum Gasteiger partial charge on any atom is -0.392 e. The summed E-state index contributed by atoms with van der Waals surface area (Å²) in [6, 6.07) is 7.68. The maximum atomic E-state index is 12.0. The van der Waals surface area contributed by atoms with Crippen molar-refractivity contribution in [2.75, 3.05) is 5.73 Å². The van der Waals surface area contributed by atoms with Crippen LogP contribution in [0.1, 0.15) is 16.1 Å². The largest absolute Gasteiger partial charge is 0.392 e. The summed E-state index contributed by atoms with van der Waals surface area (Å²) >= 11 is 5.80. The number of nitro benzene ring substituents is 1. The molecule has 1 heterocycles. The molecule has 0 fully saturated rings. The first-order chi connectivity index (χ1) is 9.99. The molecule has 0 saturated carbocycles. The third kappa shape index (κ3) is 3.46. The van der Waals surface area contributed by atoms with Crippen LogP contribution in [-0.4, -0.2) is 15.8 Å². The summed E-state index contributed by atoms with van der Waals surface area (Å²) in [5.74, 6) is -0.495. The lowest BCUT2D eigenvalue weighted by atomic mass is 10.1. The SMILES string of the molecule is Nc1c(Cl)cc(C(=O)NCc2ccccn2)cc1[N+](=O)[O-]. The Hall–Kier alpha value is -2.67. The lowest BCUT2D eigenvalue weighted by molar-refractivity contribution is -0.383. The van der Waals surface area contributed by atoms with Crippen molar-refractivity contribution in [1.29, 1.82) is 0 Å². The highest BCUT2D eigenvalue weighted by Gasteiger charge is 2.19. The van der Waals surface area contributed by atoms with Gasteiger partial charge in [0.1, 0.15) is 5.69 Å². The molecule has 2 rings (SSSR count). The van der Waals surface area contributed by atoms with Crippen LogP contribution in [0, 0.1) is 10.1 Å². The quantitative estimate of drug-likeness (QED) is 0.511. The van der Waals surface area contributed by atoms with Gasteiger partial charge in [-0.25, -0.2) is 0 Å². The third-order valence-corrected chi connectivity index (χ3v) is 3.04. The van der Waals surface area contributed by atoms with E-state index in [-0.39, 0.29) is 22.8 Å². The average Bonchev–Trinajstić information content (AvgIpc) is 2.48. The van der Waals surface area contributed by atoms with Gasteiger partial charge in [-0.2, -0.15) is 0 Å². The van der Waals surface area contributed by atoms with Crippen molar-refractivity contribution in [3.8, 4) is 0 Å². The van der Waals surface area contributed by atoms with Crippen LogP contribution in [0.25, 0.3) is 0 Å². The Kier molecular flexibility index (Phi) is 4.34. The number of hydrogen-bond donors (Lipinski definition) is 2. The Balaban J connectivity index is 2.18. The number of nitro groups is 1. The van der Waals surface area contributed by atoms with E-state index >= 15 is 0 Å². The van der Waals surface area contributed by atoms with E-state index in [4.69, 9.17) is 17.3 Å². The van der Waals surface area contributed by atoms with Gasteiger partial charge in [-0.3, -0.25) is 19.9 Å². The van der Waals surface area contributed by atoms with Gasteiger partial charge in [-0.15, -0.1) is 0 Å². The smallest absolute Gasteiger partial charge is 0.294 e. The molecule has 1 aromatic heterocycles. The van der Waals surface area contributed by atoms with Crippen LogP contribution in [0.3, 0.4) is 0 Å². The maximum Gasteiger partial charge on any atom is 0.294 e. The molecule has 0 spiro atoms. The summed E-state index contributed by atoms with van der Waals surface area (Å²) in [6.45, 7) is 0.204. The van der Waals surface area contributed by atoms with Crippen LogP contribution in [0.2, 0.25) is 5.02 Å². The van der Waals surface area contributed by atoms with Crippen LogP contribution in [0.4, 0.5) is 11.4 Å². The number of halogens is 1. The van der Waals surface area contributed by atoms with Crippen LogP contribution >= 0.6 is 11.6 Å². The average molecular weight is 307 g/mol. The van der Waals surface area contributed by atoms with Gasteiger partial charge in [-0.05, 0) is 18.2 Å². The molecule has 0 aliphatic carbocycles. The van der Waals surface area contributed by atoms with E-state index in [0.717, 1.165) is 6.07 Å². The summed E-state index contributed by atoms with van der Waals surface area (Å²) in [7, 11) is 0. The van der Waals surface area contributed by atoms with Crippen LogP contribution < -0.4 is 11.1 Å². The third-order valence-electron chi connectivity index (χ3n) is 2.72. The Bertz CT molecular complexity index is 691. The molecule has 0 radical (unpaired) electrons. The van der Waals surface area contributed by atoms with Crippen molar-refractivity contribution in [1.82, 2.24) is 10.3 Å². The van der Waals surface area contributed by atoms with Gasteiger partial charge >= 0.3 is 0 Å². The summed E-state index contributed by atoms with van der Waals surface area (Å²) in [6.07, 6.45) is 1.60. The van der Waals surface area contributed by atoms with Gasteiger partial charge in [0.2, 0.25) is 0 Å². The lowest BCUT2D eigenvalue weighted by Crippen LogP contribution is -2.23. The second-order valence-electron chi connectivity index (χ2n) is 4.15. The minimum absolute atomic E-state index is 0.0350. The van der Waals surface area contributed by atoms with Crippen molar-refractivity contribution >= 4 is 28.9 Å². The first kappa shape index (κ1) is 14.7. The molecule has 2 aromatic rings. The Morgan fingerprint density at radius 2 is 2.19 bits per heavy atom. The number of carbonyl (C=O) groups excluding carboxylic acids is 1. The van der Waals surface area contributed by atoms with Gasteiger partial charge in [-0.1, -0.05) is 17.7 Å². The Morgan fingerprint density at radius 1 is 1.43 bits per heavy atom. The van der Waals surface area contributed by atoms with E-state index in [2.05, 4.69) is 10.3 Å². The fraction of sp³-hybridized carbons (Fsp3) is 0.0769. The highest BCUT2D eigenvalue weighted by molar-refractivity contribution is 6.34. The molecule has 3 N–H and O–H groups in total. The number of aromatic nitrogens is 1. The predicted molar refractivity (Wildman–Crippen MR) is 77.9 cm³/mol. The number of anilines is 1. The number of nitrogens with zero attached hydrogens (tertiary/aromatic N) is 2. The van der Waals surface area contributed by atoms with E-state index in [1.807, 2.05) is 0 Å². The molecule has 108 valence electrons. The van der Waals surface area contributed by atoms with Crippen molar-refractivity contribution in [2.24, 2.45) is 0 Å². The molecule has 0 saturated heterocycles. The first-order valence-electron chi connectivity index (χ1n) is 5.90. The van der Waals surface area contributed by atoms with Gasteiger partial charge in [0, 0.05) is 17.8 Å². The Morgan fingerprint density at radius 3 is 2.81 bits per heavy atom. The zero-order valence-corrected chi connectivity index (χ0v) is 11.5. The zero-order chi connectivity index (χ0) is 15.4. The van der Waals surface area contributed by atoms with Crippen molar-refractivity contribution in [3.63, 3.8) is 0 Å². The second kappa shape index (κ2) is 6.19. The number of benzene rings is 1. The fourth-order valence-corrected chi connectivity index (χ4v) is 1.88. The number of rotatable bonds is 4. The highest BCUT2D eigenvalue weighted by Crippen LogP contribution is 2.30. The van der Waals surface area contributed by atoms with E-state index in [9.17, 15) is 14.9 Å². The molecule has 0 atom stereocenters.